The van der Waals surface area contributed by atoms with Gasteiger partial charge in [0.1, 0.15) is 6.04 Å². The van der Waals surface area contributed by atoms with Crippen LogP contribution in [0.25, 0.3) is 0 Å². The molecule has 0 aliphatic rings. The topological polar surface area (TPSA) is 86.8 Å². The van der Waals surface area contributed by atoms with Crippen LogP contribution >= 0.6 is 0 Å². The maximum Gasteiger partial charge on any atom is 0.243 e. The van der Waals surface area contributed by atoms with Crippen LogP contribution in [-0.4, -0.2) is 55.6 Å². The third-order valence-corrected chi connectivity index (χ3v) is 7.96. The Morgan fingerprint density at radius 1 is 0.865 bits per heavy atom. The molecular formula is C29H35N3O4S. The van der Waals surface area contributed by atoms with Gasteiger partial charge in [0, 0.05) is 26.6 Å². The van der Waals surface area contributed by atoms with Crippen LogP contribution < -0.4 is 5.32 Å². The summed E-state index contributed by atoms with van der Waals surface area (Å²) in [5, 5.41) is 2.85. The standard InChI is InChI=1S/C29H35N3O4S/c1-5-30-29(34)27(19-24-11-7-6-8-12-24)32(20-25-13-9-10-23(3)18-25)28(33)21-31(4)37(35,36)26-16-14-22(2)15-17-26/h6-18,27H,5,19-21H2,1-4H3,(H,30,34)/t27-/m0/s1. The van der Waals surface area contributed by atoms with Crippen LogP contribution in [0, 0.1) is 13.8 Å². The van der Waals surface area contributed by atoms with E-state index in [1.807, 2.05) is 75.4 Å². The molecule has 0 saturated carbocycles. The van der Waals surface area contributed by atoms with Crippen LogP contribution in [0.15, 0.2) is 83.8 Å². The van der Waals surface area contributed by atoms with Gasteiger partial charge in [-0.05, 0) is 44.0 Å². The number of aryl methyl sites for hydroxylation is 2. The Hall–Kier alpha value is -3.49. The van der Waals surface area contributed by atoms with Crippen LogP contribution in [-0.2, 0) is 32.6 Å². The average molecular weight is 522 g/mol. The summed E-state index contributed by atoms with van der Waals surface area (Å²) in [7, 11) is -2.51. The minimum absolute atomic E-state index is 0.114. The van der Waals surface area contributed by atoms with E-state index < -0.39 is 28.5 Å². The Balaban J connectivity index is 1.95. The van der Waals surface area contributed by atoms with Crippen molar-refractivity contribution in [1.82, 2.24) is 14.5 Å². The maximum atomic E-state index is 13.8. The zero-order valence-corrected chi connectivity index (χ0v) is 22.7. The van der Waals surface area contributed by atoms with Gasteiger partial charge in [0.2, 0.25) is 21.8 Å². The summed E-state index contributed by atoms with van der Waals surface area (Å²) in [6.07, 6.45) is 0.304. The number of carbonyl (C=O) groups excluding carboxylic acids is 2. The lowest BCUT2D eigenvalue weighted by atomic mass is 10.0. The van der Waals surface area contributed by atoms with Gasteiger partial charge >= 0.3 is 0 Å². The molecular weight excluding hydrogens is 486 g/mol. The molecule has 7 nitrogen and oxygen atoms in total. The smallest absolute Gasteiger partial charge is 0.243 e. The van der Waals surface area contributed by atoms with Crippen LogP contribution in [0.4, 0.5) is 0 Å². The Kier molecular flexibility index (Phi) is 9.60. The Labute approximate surface area is 220 Å². The fraction of sp³-hybridized carbons (Fsp3) is 0.310. The average Bonchev–Trinajstić information content (AvgIpc) is 2.87. The van der Waals surface area contributed by atoms with Crippen molar-refractivity contribution in [3.05, 3.63) is 101 Å². The number of likely N-dealkylation sites (N-methyl/N-ethyl adjacent to an activating group) is 2. The predicted molar refractivity (Wildman–Crippen MR) is 145 cm³/mol. The van der Waals surface area contributed by atoms with Crippen molar-refractivity contribution >= 4 is 21.8 Å². The minimum Gasteiger partial charge on any atom is -0.355 e. The van der Waals surface area contributed by atoms with Crippen molar-refractivity contribution < 1.29 is 18.0 Å². The van der Waals surface area contributed by atoms with Gasteiger partial charge < -0.3 is 10.2 Å². The van der Waals surface area contributed by atoms with Gasteiger partial charge in [-0.1, -0.05) is 77.9 Å². The number of rotatable bonds is 11. The molecule has 196 valence electrons. The van der Waals surface area contributed by atoms with Gasteiger partial charge in [-0.2, -0.15) is 4.31 Å². The van der Waals surface area contributed by atoms with Gasteiger partial charge in [-0.15, -0.1) is 0 Å². The number of hydrogen-bond acceptors (Lipinski definition) is 4. The van der Waals surface area contributed by atoms with Gasteiger partial charge in [0.25, 0.3) is 0 Å². The molecule has 0 aliphatic heterocycles. The fourth-order valence-electron chi connectivity index (χ4n) is 4.11. The second-order valence-electron chi connectivity index (χ2n) is 9.18. The molecule has 0 spiro atoms. The van der Waals surface area contributed by atoms with E-state index in [1.54, 1.807) is 12.1 Å². The first-order valence-corrected chi connectivity index (χ1v) is 13.8. The van der Waals surface area contributed by atoms with Gasteiger partial charge in [0.05, 0.1) is 11.4 Å². The summed E-state index contributed by atoms with van der Waals surface area (Å²) in [6, 6.07) is 22.9. The number of benzene rings is 3. The summed E-state index contributed by atoms with van der Waals surface area (Å²) >= 11 is 0. The van der Waals surface area contributed by atoms with E-state index in [2.05, 4.69) is 5.32 Å². The number of amides is 2. The molecule has 2 amide bonds. The lowest BCUT2D eigenvalue weighted by Gasteiger charge is -2.32. The maximum absolute atomic E-state index is 13.8. The van der Waals surface area contributed by atoms with Crippen molar-refractivity contribution in [3.63, 3.8) is 0 Å². The lowest BCUT2D eigenvalue weighted by molar-refractivity contribution is -0.141. The van der Waals surface area contributed by atoms with Crippen molar-refractivity contribution in [2.24, 2.45) is 0 Å². The van der Waals surface area contributed by atoms with E-state index in [9.17, 15) is 18.0 Å². The molecule has 0 unspecified atom stereocenters. The highest BCUT2D eigenvalue weighted by molar-refractivity contribution is 7.89. The monoisotopic (exact) mass is 521 g/mol. The van der Waals surface area contributed by atoms with Crippen molar-refractivity contribution in [2.75, 3.05) is 20.1 Å². The molecule has 0 bridgehead atoms. The second-order valence-corrected chi connectivity index (χ2v) is 11.2. The summed E-state index contributed by atoms with van der Waals surface area (Å²) < 4.78 is 27.4. The van der Waals surface area contributed by atoms with Crippen molar-refractivity contribution in [2.45, 2.75) is 44.7 Å². The molecule has 0 heterocycles. The molecule has 37 heavy (non-hydrogen) atoms. The molecule has 0 radical (unpaired) electrons. The predicted octanol–water partition coefficient (Wildman–Crippen LogP) is 3.70. The quantitative estimate of drug-likeness (QED) is 0.417. The SMILES string of the molecule is CCNC(=O)[C@H](Cc1ccccc1)N(Cc1cccc(C)c1)C(=O)CN(C)S(=O)(=O)c1ccc(C)cc1. The molecule has 1 atom stereocenters. The molecule has 3 aromatic carbocycles. The first kappa shape index (κ1) is 28.1. The molecule has 0 aromatic heterocycles. The molecule has 3 aromatic rings. The summed E-state index contributed by atoms with van der Waals surface area (Å²) in [4.78, 5) is 28.6. The number of nitrogens with zero attached hydrogens (tertiary/aromatic N) is 2. The number of hydrogen-bond donors (Lipinski definition) is 1. The van der Waals surface area contributed by atoms with E-state index in [0.29, 0.717) is 13.0 Å². The minimum atomic E-state index is -3.89. The van der Waals surface area contributed by atoms with Crippen molar-refractivity contribution in [1.29, 1.82) is 0 Å². The first-order chi connectivity index (χ1) is 17.6. The highest BCUT2D eigenvalue weighted by Gasteiger charge is 2.32. The molecule has 3 rings (SSSR count). The zero-order valence-electron chi connectivity index (χ0n) is 21.8. The van der Waals surface area contributed by atoms with Crippen molar-refractivity contribution in [3.8, 4) is 0 Å². The first-order valence-electron chi connectivity index (χ1n) is 12.3. The van der Waals surface area contributed by atoms with Gasteiger partial charge in [-0.3, -0.25) is 9.59 Å². The molecule has 8 heteroatoms. The van der Waals surface area contributed by atoms with E-state index in [1.165, 1.54) is 24.1 Å². The summed E-state index contributed by atoms with van der Waals surface area (Å²) in [5.41, 5.74) is 3.73. The van der Waals surface area contributed by atoms with Gasteiger partial charge in [-0.25, -0.2) is 8.42 Å². The third-order valence-electron chi connectivity index (χ3n) is 6.14. The largest absolute Gasteiger partial charge is 0.355 e. The molecule has 0 aliphatic carbocycles. The number of carbonyl (C=O) groups is 2. The Bertz CT molecular complexity index is 1310. The van der Waals surface area contributed by atoms with E-state index >= 15 is 0 Å². The Morgan fingerprint density at radius 2 is 1.51 bits per heavy atom. The lowest BCUT2D eigenvalue weighted by Crippen LogP contribution is -2.53. The van der Waals surface area contributed by atoms with Crippen LogP contribution in [0.2, 0.25) is 0 Å². The van der Waals surface area contributed by atoms with Crippen LogP contribution in [0.5, 0.6) is 0 Å². The summed E-state index contributed by atoms with van der Waals surface area (Å²) in [5.74, 6) is -0.733. The highest BCUT2D eigenvalue weighted by atomic mass is 32.2. The molecule has 1 N–H and O–H groups in total. The van der Waals surface area contributed by atoms with E-state index in [4.69, 9.17) is 0 Å². The zero-order chi connectivity index (χ0) is 27.0. The van der Waals surface area contributed by atoms with E-state index in [-0.39, 0.29) is 17.3 Å². The summed E-state index contributed by atoms with van der Waals surface area (Å²) in [6.45, 7) is 5.86. The number of sulfonamides is 1. The van der Waals surface area contributed by atoms with E-state index in [0.717, 1.165) is 26.6 Å². The normalized spacial score (nSPS) is 12.2. The molecule has 0 saturated heterocycles. The highest BCUT2D eigenvalue weighted by Crippen LogP contribution is 2.19. The van der Waals surface area contributed by atoms with Crippen LogP contribution in [0.3, 0.4) is 0 Å². The second kappa shape index (κ2) is 12.7. The number of nitrogens with one attached hydrogen (secondary N) is 1. The molecule has 0 fully saturated rings. The Morgan fingerprint density at radius 3 is 2.14 bits per heavy atom. The van der Waals surface area contributed by atoms with Gasteiger partial charge in [0.15, 0.2) is 0 Å². The third kappa shape index (κ3) is 7.50. The van der Waals surface area contributed by atoms with Crippen LogP contribution in [0.1, 0.15) is 29.2 Å². The fourth-order valence-corrected chi connectivity index (χ4v) is 5.23.